The Morgan fingerprint density at radius 1 is 1.07 bits per heavy atom. The lowest BCUT2D eigenvalue weighted by Gasteiger charge is -2.31. The maximum Gasteiger partial charge on any atom is 0.273 e. The number of para-hydroxylation sites is 1. The van der Waals surface area contributed by atoms with E-state index in [9.17, 15) is 19.7 Å². The highest BCUT2D eigenvalue weighted by Gasteiger charge is 2.29. The van der Waals surface area contributed by atoms with Crippen molar-refractivity contribution in [3.05, 3.63) is 75.3 Å². The van der Waals surface area contributed by atoms with E-state index in [0.29, 0.717) is 18.5 Å². The number of carbonyl (C=O) groups is 2. The third-order valence-electron chi connectivity index (χ3n) is 4.87. The lowest BCUT2D eigenvalue weighted by molar-refractivity contribution is -0.385. The quantitative estimate of drug-likeness (QED) is 0.518. The molecule has 0 spiro atoms. The lowest BCUT2D eigenvalue weighted by atomic mass is 10.0. The number of likely N-dealkylation sites (N-methyl/N-ethyl adjacent to an activating group) is 1. The fourth-order valence-corrected chi connectivity index (χ4v) is 3.29. The van der Waals surface area contributed by atoms with Crippen LogP contribution in [0.4, 0.5) is 5.69 Å². The van der Waals surface area contributed by atoms with Crippen LogP contribution in [0.15, 0.2) is 48.5 Å². The standard InChI is InChI=1S/C22H27N3O4/c1-4-19(22(27)23-5-2)24(15-18-12-7-6-10-16(18)3)21(26)14-17-11-8-9-13-20(17)25(28)29/h6-13,19H,4-5,14-15H2,1-3H3,(H,23,27)/t19-/m0/s1. The second kappa shape index (κ2) is 10.4. The molecule has 154 valence electrons. The van der Waals surface area contributed by atoms with Crippen LogP contribution in [0.1, 0.15) is 37.0 Å². The zero-order valence-electron chi connectivity index (χ0n) is 17.1. The first kappa shape index (κ1) is 22.1. The summed E-state index contributed by atoms with van der Waals surface area (Å²) in [6.07, 6.45) is 0.305. The van der Waals surface area contributed by atoms with Gasteiger partial charge in [-0.3, -0.25) is 19.7 Å². The summed E-state index contributed by atoms with van der Waals surface area (Å²) >= 11 is 0. The molecular weight excluding hydrogens is 370 g/mol. The Morgan fingerprint density at radius 2 is 1.69 bits per heavy atom. The first-order valence-corrected chi connectivity index (χ1v) is 9.73. The van der Waals surface area contributed by atoms with Crippen molar-refractivity contribution >= 4 is 17.5 Å². The van der Waals surface area contributed by atoms with E-state index >= 15 is 0 Å². The molecule has 2 rings (SSSR count). The number of nitro benzene ring substituents is 1. The molecule has 2 aromatic rings. The third kappa shape index (κ3) is 5.63. The molecule has 0 heterocycles. The van der Waals surface area contributed by atoms with Crippen molar-refractivity contribution in [1.82, 2.24) is 10.2 Å². The van der Waals surface area contributed by atoms with Gasteiger partial charge in [0.2, 0.25) is 11.8 Å². The van der Waals surface area contributed by atoms with E-state index in [0.717, 1.165) is 11.1 Å². The number of amides is 2. The van der Waals surface area contributed by atoms with Gasteiger partial charge in [-0.05, 0) is 31.4 Å². The van der Waals surface area contributed by atoms with Crippen LogP contribution in [0.5, 0.6) is 0 Å². The molecule has 0 aromatic heterocycles. The van der Waals surface area contributed by atoms with E-state index in [1.165, 1.54) is 11.0 Å². The number of benzene rings is 2. The van der Waals surface area contributed by atoms with Crippen molar-refractivity contribution in [1.29, 1.82) is 0 Å². The van der Waals surface area contributed by atoms with Crippen molar-refractivity contribution in [2.75, 3.05) is 6.54 Å². The number of nitrogens with one attached hydrogen (secondary N) is 1. The fraction of sp³-hybridized carbons (Fsp3) is 0.364. The normalized spacial score (nSPS) is 11.6. The van der Waals surface area contributed by atoms with Crippen molar-refractivity contribution < 1.29 is 14.5 Å². The fourth-order valence-electron chi connectivity index (χ4n) is 3.29. The first-order valence-electron chi connectivity index (χ1n) is 9.73. The van der Waals surface area contributed by atoms with Crippen LogP contribution in [0.25, 0.3) is 0 Å². The lowest BCUT2D eigenvalue weighted by Crippen LogP contribution is -2.49. The summed E-state index contributed by atoms with van der Waals surface area (Å²) in [4.78, 5) is 38.2. The number of carbonyl (C=O) groups excluding carboxylic acids is 2. The molecule has 2 amide bonds. The number of aryl methyl sites for hydroxylation is 1. The summed E-state index contributed by atoms with van der Waals surface area (Å²) in [5, 5.41) is 14.1. The SMILES string of the molecule is CCNC(=O)[C@H](CC)N(Cc1ccccc1C)C(=O)Cc1ccccc1[N+](=O)[O-]. The molecule has 0 aliphatic heterocycles. The van der Waals surface area contributed by atoms with Crippen molar-refractivity contribution in [2.24, 2.45) is 0 Å². The van der Waals surface area contributed by atoms with Gasteiger partial charge in [-0.2, -0.15) is 0 Å². The van der Waals surface area contributed by atoms with E-state index in [4.69, 9.17) is 0 Å². The summed E-state index contributed by atoms with van der Waals surface area (Å²) in [6.45, 7) is 6.36. The minimum absolute atomic E-state index is 0.0947. The number of rotatable bonds is 9. The van der Waals surface area contributed by atoms with Gasteiger partial charge < -0.3 is 10.2 Å². The van der Waals surface area contributed by atoms with Gasteiger partial charge in [-0.25, -0.2) is 0 Å². The van der Waals surface area contributed by atoms with Crippen molar-refractivity contribution in [3.63, 3.8) is 0 Å². The van der Waals surface area contributed by atoms with Gasteiger partial charge in [0.15, 0.2) is 0 Å². The van der Waals surface area contributed by atoms with Crippen LogP contribution >= 0.6 is 0 Å². The smallest absolute Gasteiger partial charge is 0.273 e. The highest BCUT2D eigenvalue weighted by molar-refractivity contribution is 5.88. The molecule has 7 heteroatoms. The molecule has 0 saturated carbocycles. The van der Waals surface area contributed by atoms with Crippen LogP contribution in [0.2, 0.25) is 0 Å². The van der Waals surface area contributed by atoms with Crippen molar-refractivity contribution in [3.8, 4) is 0 Å². The molecule has 0 aliphatic rings. The topological polar surface area (TPSA) is 92.6 Å². The number of hydrogen-bond donors (Lipinski definition) is 1. The monoisotopic (exact) mass is 397 g/mol. The highest BCUT2D eigenvalue weighted by Crippen LogP contribution is 2.21. The van der Waals surface area contributed by atoms with Crippen LogP contribution < -0.4 is 5.32 Å². The summed E-state index contributed by atoms with van der Waals surface area (Å²) < 4.78 is 0. The zero-order chi connectivity index (χ0) is 21.4. The van der Waals surface area contributed by atoms with Gasteiger partial charge in [-0.15, -0.1) is 0 Å². The van der Waals surface area contributed by atoms with E-state index in [2.05, 4.69) is 5.32 Å². The van der Waals surface area contributed by atoms with Gasteiger partial charge in [-0.1, -0.05) is 49.4 Å². The molecule has 2 aromatic carbocycles. The van der Waals surface area contributed by atoms with Crippen molar-refractivity contribution in [2.45, 2.75) is 46.2 Å². The van der Waals surface area contributed by atoms with Crippen LogP contribution in [0, 0.1) is 17.0 Å². The van der Waals surface area contributed by atoms with Gasteiger partial charge in [0.05, 0.1) is 11.3 Å². The van der Waals surface area contributed by atoms with Gasteiger partial charge in [0.25, 0.3) is 5.69 Å². The van der Waals surface area contributed by atoms with Crippen LogP contribution in [-0.2, 0) is 22.6 Å². The maximum absolute atomic E-state index is 13.2. The Bertz CT molecular complexity index is 882. The molecule has 0 unspecified atom stereocenters. The first-order chi connectivity index (χ1) is 13.9. The van der Waals surface area contributed by atoms with E-state index < -0.39 is 11.0 Å². The molecule has 7 nitrogen and oxygen atoms in total. The minimum Gasteiger partial charge on any atom is -0.355 e. The molecule has 1 N–H and O–H groups in total. The Hall–Kier alpha value is -3.22. The molecule has 0 saturated heterocycles. The largest absolute Gasteiger partial charge is 0.355 e. The van der Waals surface area contributed by atoms with Gasteiger partial charge in [0.1, 0.15) is 6.04 Å². The van der Waals surface area contributed by atoms with E-state index in [-0.39, 0.29) is 30.5 Å². The summed E-state index contributed by atoms with van der Waals surface area (Å²) in [6, 6.07) is 13.2. The van der Waals surface area contributed by atoms with Gasteiger partial charge >= 0.3 is 0 Å². The summed E-state index contributed by atoms with van der Waals surface area (Å²) in [7, 11) is 0. The predicted octanol–water partition coefficient (Wildman–Crippen LogP) is 3.39. The average molecular weight is 397 g/mol. The maximum atomic E-state index is 13.2. The molecule has 0 radical (unpaired) electrons. The Balaban J connectivity index is 2.38. The summed E-state index contributed by atoms with van der Waals surface area (Å²) in [5.74, 6) is -0.542. The Kier molecular flexibility index (Phi) is 7.88. The Labute approximate surface area is 170 Å². The summed E-state index contributed by atoms with van der Waals surface area (Å²) in [5.41, 5.74) is 2.19. The Morgan fingerprint density at radius 3 is 2.28 bits per heavy atom. The number of nitro groups is 1. The molecule has 0 fully saturated rings. The molecule has 1 atom stereocenters. The molecular formula is C22H27N3O4. The molecule has 29 heavy (non-hydrogen) atoms. The molecule has 0 aliphatic carbocycles. The number of nitrogens with zero attached hydrogens (tertiary/aromatic N) is 2. The minimum atomic E-state index is -0.648. The second-order valence-electron chi connectivity index (χ2n) is 6.83. The van der Waals surface area contributed by atoms with E-state index in [1.54, 1.807) is 18.2 Å². The van der Waals surface area contributed by atoms with Gasteiger partial charge in [0, 0.05) is 24.7 Å². The zero-order valence-corrected chi connectivity index (χ0v) is 17.1. The van der Waals surface area contributed by atoms with Crippen LogP contribution in [0.3, 0.4) is 0 Å². The highest BCUT2D eigenvalue weighted by atomic mass is 16.6. The second-order valence-corrected chi connectivity index (χ2v) is 6.83. The number of hydrogen-bond acceptors (Lipinski definition) is 4. The average Bonchev–Trinajstić information content (AvgIpc) is 2.69. The predicted molar refractivity (Wildman–Crippen MR) is 111 cm³/mol. The molecule has 0 bridgehead atoms. The van der Waals surface area contributed by atoms with E-state index in [1.807, 2.05) is 45.0 Å². The van der Waals surface area contributed by atoms with Crippen LogP contribution in [-0.4, -0.2) is 34.2 Å². The third-order valence-corrected chi connectivity index (χ3v) is 4.87.